The second kappa shape index (κ2) is 7.99. The Hall–Kier alpha value is -1.30. The van der Waals surface area contributed by atoms with Crippen LogP contribution in [-0.2, 0) is 15.3 Å². The molecule has 1 heterocycles. The zero-order valence-corrected chi connectivity index (χ0v) is 15.2. The first kappa shape index (κ1) is 18.0. The first-order valence-electron chi connectivity index (χ1n) is 7.53. The highest BCUT2D eigenvalue weighted by atomic mass is 79.9. The molecule has 126 valence electrons. The van der Waals surface area contributed by atoms with Gasteiger partial charge in [-0.25, -0.2) is 0 Å². The molecule has 2 atom stereocenters. The average molecular weight is 383 g/mol. The smallest absolute Gasteiger partial charge is 0.196 e. The van der Waals surface area contributed by atoms with Crippen molar-refractivity contribution in [1.82, 2.24) is 0 Å². The van der Waals surface area contributed by atoms with Gasteiger partial charge in [0.25, 0.3) is 0 Å². The number of alkyl halides is 1. The number of methoxy groups -OCH3 is 2. The lowest BCUT2D eigenvalue weighted by Crippen LogP contribution is -2.28. The molecule has 0 radical (unpaired) electrons. The Morgan fingerprint density at radius 3 is 2.22 bits per heavy atom. The molecule has 0 aliphatic carbocycles. The van der Waals surface area contributed by atoms with Crippen LogP contribution in [0.5, 0.6) is 11.5 Å². The van der Waals surface area contributed by atoms with Crippen LogP contribution in [-0.4, -0.2) is 31.8 Å². The standard InChI is InChI=1S/C18H23BrO4/c1-5-14-15(6-2)23-18(22-14,10-7-11-19)13-8-9-16(20-3)17(12-13)21-4/h5-6,8-9,12,14-15H,1-2,7,10-11H2,3-4H3/t14-,15-/m1/s1. The van der Waals surface area contributed by atoms with Crippen molar-refractivity contribution in [2.24, 2.45) is 0 Å². The minimum absolute atomic E-state index is 0.226. The Morgan fingerprint density at radius 2 is 1.74 bits per heavy atom. The monoisotopic (exact) mass is 382 g/mol. The lowest BCUT2D eigenvalue weighted by Gasteiger charge is -2.29. The fourth-order valence-corrected chi connectivity index (χ4v) is 3.02. The second-order valence-electron chi connectivity index (χ2n) is 5.25. The van der Waals surface area contributed by atoms with E-state index in [9.17, 15) is 0 Å². The molecule has 1 aliphatic heterocycles. The molecule has 0 amide bonds. The summed E-state index contributed by atoms with van der Waals surface area (Å²) in [6.07, 6.45) is 4.67. The van der Waals surface area contributed by atoms with Gasteiger partial charge in [-0.05, 0) is 24.6 Å². The lowest BCUT2D eigenvalue weighted by molar-refractivity contribution is -0.183. The summed E-state index contributed by atoms with van der Waals surface area (Å²) < 4.78 is 23.2. The summed E-state index contributed by atoms with van der Waals surface area (Å²) in [6.45, 7) is 7.67. The number of halogens is 1. The third-order valence-electron chi connectivity index (χ3n) is 3.90. The molecule has 5 heteroatoms. The van der Waals surface area contributed by atoms with Gasteiger partial charge in [-0.2, -0.15) is 0 Å². The molecule has 1 aromatic carbocycles. The van der Waals surface area contributed by atoms with Gasteiger partial charge in [0, 0.05) is 17.3 Å². The zero-order chi connectivity index (χ0) is 16.9. The molecule has 1 aromatic rings. The maximum atomic E-state index is 6.23. The summed E-state index contributed by atoms with van der Waals surface area (Å²) in [5.74, 6) is 0.475. The summed E-state index contributed by atoms with van der Waals surface area (Å²) in [7, 11) is 3.23. The number of hydrogen-bond acceptors (Lipinski definition) is 4. The van der Waals surface area contributed by atoms with E-state index in [0.29, 0.717) is 17.9 Å². The average Bonchev–Trinajstić information content (AvgIpc) is 2.98. The van der Waals surface area contributed by atoms with Crippen molar-refractivity contribution in [3.63, 3.8) is 0 Å². The summed E-state index contributed by atoms with van der Waals surface area (Å²) in [4.78, 5) is 0. The maximum absolute atomic E-state index is 6.23. The van der Waals surface area contributed by atoms with Gasteiger partial charge in [0.15, 0.2) is 17.3 Å². The molecule has 0 bridgehead atoms. The number of hydrogen-bond donors (Lipinski definition) is 0. The fraction of sp³-hybridized carbons (Fsp3) is 0.444. The molecule has 23 heavy (non-hydrogen) atoms. The highest BCUT2D eigenvalue weighted by molar-refractivity contribution is 9.09. The van der Waals surface area contributed by atoms with Crippen molar-refractivity contribution in [3.05, 3.63) is 49.1 Å². The van der Waals surface area contributed by atoms with E-state index in [2.05, 4.69) is 29.1 Å². The first-order chi connectivity index (χ1) is 11.1. The van der Waals surface area contributed by atoms with Crippen LogP contribution in [0.4, 0.5) is 0 Å². The topological polar surface area (TPSA) is 36.9 Å². The van der Waals surface area contributed by atoms with E-state index in [1.807, 2.05) is 18.2 Å². The van der Waals surface area contributed by atoms with Crippen LogP contribution < -0.4 is 9.47 Å². The number of rotatable bonds is 8. The van der Waals surface area contributed by atoms with Crippen molar-refractivity contribution >= 4 is 15.9 Å². The molecular formula is C18H23BrO4. The molecule has 0 N–H and O–H groups in total. The maximum Gasteiger partial charge on any atom is 0.196 e. The van der Waals surface area contributed by atoms with Gasteiger partial charge in [-0.3, -0.25) is 0 Å². The van der Waals surface area contributed by atoms with E-state index in [4.69, 9.17) is 18.9 Å². The van der Waals surface area contributed by atoms with Crippen molar-refractivity contribution in [2.45, 2.75) is 30.8 Å². The summed E-state index contributed by atoms with van der Waals surface area (Å²) in [6, 6.07) is 5.71. The Bertz CT molecular complexity index is 542. The van der Waals surface area contributed by atoms with Crippen LogP contribution in [0.3, 0.4) is 0 Å². The van der Waals surface area contributed by atoms with Gasteiger partial charge in [-0.15, -0.1) is 13.2 Å². The van der Waals surface area contributed by atoms with Gasteiger partial charge < -0.3 is 18.9 Å². The second-order valence-corrected chi connectivity index (χ2v) is 6.04. The van der Waals surface area contributed by atoms with E-state index >= 15 is 0 Å². The molecule has 0 unspecified atom stereocenters. The number of benzene rings is 1. The Morgan fingerprint density at radius 1 is 1.13 bits per heavy atom. The molecule has 2 rings (SSSR count). The molecule has 1 saturated heterocycles. The van der Waals surface area contributed by atoms with Crippen LogP contribution in [0.1, 0.15) is 18.4 Å². The zero-order valence-electron chi connectivity index (χ0n) is 13.6. The molecule has 0 aromatic heterocycles. The third-order valence-corrected chi connectivity index (χ3v) is 4.46. The van der Waals surface area contributed by atoms with Gasteiger partial charge in [-0.1, -0.05) is 28.1 Å². The van der Waals surface area contributed by atoms with E-state index in [0.717, 1.165) is 17.3 Å². The Kier molecular flexibility index (Phi) is 6.27. The van der Waals surface area contributed by atoms with Crippen molar-refractivity contribution < 1.29 is 18.9 Å². The number of ether oxygens (including phenoxy) is 4. The Balaban J connectivity index is 2.43. The molecule has 1 aliphatic rings. The molecule has 0 saturated carbocycles. The minimum atomic E-state index is -0.842. The van der Waals surface area contributed by atoms with Crippen molar-refractivity contribution in [2.75, 3.05) is 19.5 Å². The van der Waals surface area contributed by atoms with Crippen LogP contribution in [0, 0.1) is 0 Å². The summed E-state index contributed by atoms with van der Waals surface area (Å²) >= 11 is 3.47. The SMILES string of the molecule is C=C[C@H]1OC(CCCBr)(c2ccc(OC)c(OC)c2)O[C@@H]1C=C. The van der Waals surface area contributed by atoms with Crippen LogP contribution >= 0.6 is 15.9 Å². The van der Waals surface area contributed by atoms with Crippen molar-refractivity contribution in [1.29, 1.82) is 0 Å². The largest absolute Gasteiger partial charge is 0.493 e. The van der Waals surface area contributed by atoms with E-state index in [1.54, 1.807) is 26.4 Å². The van der Waals surface area contributed by atoms with Gasteiger partial charge in [0.05, 0.1) is 14.2 Å². The van der Waals surface area contributed by atoms with Gasteiger partial charge in [0.2, 0.25) is 0 Å². The molecule has 1 fully saturated rings. The summed E-state index contributed by atoms with van der Waals surface area (Å²) in [5.41, 5.74) is 0.896. The normalized spacial score (nSPS) is 22.6. The predicted octanol–water partition coefficient (Wildman–Crippen LogP) is 4.19. The third kappa shape index (κ3) is 3.62. The highest BCUT2D eigenvalue weighted by Crippen LogP contribution is 2.44. The van der Waals surface area contributed by atoms with Crippen LogP contribution in [0.25, 0.3) is 0 Å². The lowest BCUT2D eigenvalue weighted by atomic mass is 10.00. The quantitative estimate of drug-likeness (QED) is 0.498. The first-order valence-corrected chi connectivity index (χ1v) is 8.65. The van der Waals surface area contributed by atoms with E-state index in [1.165, 1.54) is 0 Å². The van der Waals surface area contributed by atoms with Crippen molar-refractivity contribution in [3.8, 4) is 11.5 Å². The van der Waals surface area contributed by atoms with E-state index < -0.39 is 5.79 Å². The minimum Gasteiger partial charge on any atom is -0.493 e. The van der Waals surface area contributed by atoms with Gasteiger partial charge >= 0.3 is 0 Å². The predicted molar refractivity (Wildman–Crippen MR) is 94.4 cm³/mol. The highest BCUT2D eigenvalue weighted by Gasteiger charge is 2.46. The molecule has 4 nitrogen and oxygen atoms in total. The summed E-state index contributed by atoms with van der Waals surface area (Å²) in [5, 5.41) is 0.867. The van der Waals surface area contributed by atoms with Crippen LogP contribution in [0.2, 0.25) is 0 Å². The van der Waals surface area contributed by atoms with Crippen LogP contribution in [0.15, 0.2) is 43.5 Å². The van der Waals surface area contributed by atoms with E-state index in [-0.39, 0.29) is 12.2 Å². The fourth-order valence-electron chi connectivity index (χ4n) is 2.74. The molecular weight excluding hydrogens is 360 g/mol. The van der Waals surface area contributed by atoms with Gasteiger partial charge in [0.1, 0.15) is 12.2 Å². The molecule has 0 spiro atoms. The Labute approximate surface area is 146 Å².